The van der Waals surface area contributed by atoms with E-state index in [9.17, 15) is 4.79 Å². The number of hydrogen-bond donors (Lipinski definition) is 0. The molecular weight excluding hydrogens is 466 g/mol. The van der Waals surface area contributed by atoms with Crippen molar-refractivity contribution >= 4 is 17.5 Å². The molecule has 0 fully saturated rings. The first-order valence-electron chi connectivity index (χ1n) is 11.8. The molecule has 0 aliphatic carbocycles. The molecule has 6 nitrogen and oxygen atoms in total. The first kappa shape index (κ1) is 23.8. The topological polar surface area (TPSA) is 65.6 Å². The van der Waals surface area contributed by atoms with Gasteiger partial charge in [-0.2, -0.15) is 0 Å². The molecule has 0 aliphatic rings. The number of rotatable bonds is 7. The number of pyridine rings is 1. The van der Waals surface area contributed by atoms with Gasteiger partial charge in [-0.25, -0.2) is 0 Å². The third-order valence-corrected chi connectivity index (χ3v) is 7.19. The van der Waals surface area contributed by atoms with E-state index in [1.807, 2.05) is 54.8 Å². The van der Waals surface area contributed by atoms with E-state index in [4.69, 9.17) is 0 Å². The molecule has 0 aliphatic heterocycles. The molecule has 0 spiro atoms. The Morgan fingerprint density at radius 3 is 2.39 bits per heavy atom. The van der Waals surface area contributed by atoms with Gasteiger partial charge in [0.1, 0.15) is 0 Å². The number of carbonyl (C=O) groups excluding carboxylic acids is 1. The molecular formula is C29H27N5OS. The highest BCUT2D eigenvalue weighted by Crippen LogP contribution is 2.30. The SMILES string of the molecule is Cc1ccc(-n2c(C)cc(C(=O)CSc3nnc(-c4cccnc4)n3-c3ccccc3C)c2C)cc1. The second-order valence-corrected chi connectivity index (χ2v) is 9.78. The highest BCUT2D eigenvalue weighted by molar-refractivity contribution is 7.99. The summed E-state index contributed by atoms with van der Waals surface area (Å²) < 4.78 is 4.15. The van der Waals surface area contributed by atoms with Crippen LogP contribution in [0.5, 0.6) is 0 Å². The molecule has 2 aromatic carbocycles. The molecule has 3 aromatic heterocycles. The molecule has 0 atom stereocenters. The van der Waals surface area contributed by atoms with Crippen molar-refractivity contribution in [3.8, 4) is 22.8 Å². The molecule has 0 N–H and O–H groups in total. The number of carbonyl (C=O) groups is 1. The first-order chi connectivity index (χ1) is 17.4. The van der Waals surface area contributed by atoms with Gasteiger partial charge in [0.25, 0.3) is 0 Å². The fourth-order valence-corrected chi connectivity index (χ4v) is 5.25. The molecule has 0 radical (unpaired) electrons. The molecule has 5 aromatic rings. The maximum Gasteiger partial charge on any atom is 0.196 e. The predicted molar refractivity (Wildman–Crippen MR) is 144 cm³/mol. The molecule has 3 heterocycles. The number of benzene rings is 2. The number of aromatic nitrogens is 5. The van der Waals surface area contributed by atoms with Crippen molar-refractivity contribution in [2.24, 2.45) is 0 Å². The van der Waals surface area contributed by atoms with Crippen LogP contribution in [0.25, 0.3) is 22.8 Å². The summed E-state index contributed by atoms with van der Waals surface area (Å²) in [7, 11) is 0. The van der Waals surface area contributed by atoms with Crippen LogP contribution in [0.1, 0.15) is 32.9 Å². The van der Waals surface area contributed by atoms with Gasteiger partial charge in [-0.1, -0.05) is 47.7 Å². The van der Waals surface area contributed by atoms with Crippen molar-refractivity contribution in [2.45, 2.75) is 32.9 Å². The molecule has 0 unspecified atom stereocenters. The molecule has 0 saturated heterocycles. The number of aryl methyl sites for hydroxylation is 3. The minimum absolute atomic E-state index is 0.0636. The van der Waals surface area contributed by atoms with Gasteiger partial charge in [-0.15, -0.1) is 10.2 Å². The van der Waals surface area contributed by atoms with E-state index in [0.717, 1.165) is 39.5 Å². The predicted octanol–water partition coefficient (Wildman–Crippen LogP) is 6.33. The zero-order chi connectivity index (χ0) is 25.2. The summed E-state index contributed by atoms with van der Waals surface area (Å²) in [6.07, 6.45) is 3.51. The Morgan fingerprint density at radius 1 is 0.889 bits per heavy atom. The van der Waals surface area contributed by atoms with Crippen molar-refractivity contribution < 1.29 is 4.79 Å². The van der Waals surface area contributed by atoms with Crippen LogP contribution in [0.3, 0.4) is 0 Å². The zero-order valence-electron chi connectivity index (χ0n) is 20.8. The van der Waals surface area contributed by atoms with Gasteiger partial charge < -0.3 is 4.57 Å². The van der Waals surface area contributed by atoms with Crippen molar-refractivity contribution in [3.63, 3.8) is 0 Å². The number of hydrogen-bond acceptors (Lipinski definition) is 5. The maximum absolute atomic E-state index is 13.4. The number of nitrogens with zero attached hydrogens (tertiary/aromatic N) is 5. The van der Waals surface area contributed by atoms with Crippen LogP contribution >= 0.6 is 11.8 Å². The zero-order valence-corrected chi connectivity index (χ0v) is 21.6. The Hall–Kier alpha value is -3.97. The van der Waals surface area contributed by atoms with E-state index < -0.39 is 0 Å². The lowest BCUT2D eigenvalue weighted by Crippen LogP contribution is -2.07. The van der Waals surface area contributed by atoms with E-state index in [2.05, 4.69) is 63.9 Å². The Bertz CT molecular complexity index is 1530. The van der Waals surface area contributed by atoms with E-state index in [1.54, 1.807) is 12.4 Å². The van der Waals surface area contributed by atoms with Crippen LogP contribution in [0, 0.1) is 27.7 Å². The summed E-state index contributed by atoms with van der Waals surface area (Å²) in [5, 5.41) is 9.61. The number of ketones is 1. The van der Waals surface area contributed by atoms with Gasteiger partial charge in [-0.05, 0) is 69.7 Å². The largest absolute Gasteiger partial charge is 0.318 e. The minimum atomic E-state index is 0.0636. The van der Waals surface area contributed by atoms with Crippen LogP contribution < -0.4 is 0 Å². The smallest absolute Gasteiger partial charge is 0.196 e. The lowest BCUT2D eigenvalue weighted by atomic mass is 10.2. The lowest BCUT2D eigenvalue weighted by molar-refractivity contribution is 0.102. The summed E-state index contributed by atoms with van der Waals surface area (Å²) in [6, 6.07) is 22.3. The van der Waals surface area contributed by atoms with Gasteiger partial charge in [-0.3, -0.25) is 14.3 Å². The Labute approximate surface area is 215 Å². The second-order valence-electron chi connectivity index (χ2n) is 8.84. The van der Waals surface area contributed by atoms with Gasteiger partial charge in [0.05, 0.1) is 11.4 Å². The van der Waals surface area contributed by atoms with Gasteiger partial charge in [0.15, 0.2) is 16.8 Å². The third-order valence-electron chi connectivity index (χ3n) is 6.27. The molecule has 0 saturated carbocycles. The average Bonchev–Trinajstić information content (AvgIpc) is 3.44. The van der Waals surface area contributed by atoms with Gasteiger partial charge in [0.2, 0.25) is 0 Å². The van der Waals surface area contributed by atoms with Crippen LogP contribution in [-0.2, 0) is 0 Å². The lowest BCUT2D eigenvalue weighted by Gasteiger charge is -2.12. The summed E-state index contributed by atoms with van der Waals surface area (Å²) in [6.45, 7) is 8.16. The second kappa shape index (κ2) is 9.95. The monoisotopic (exact) mass is 493 g/mol. The van der Waals surface area contributed by atoms with E-state index in [0.29, 0.717) is 11.0 Å². The quantitative estimate of drug-likeness (QED) is 0.196. The highest BCUT2D eigenvalue weighted by atomic mass is 32.2. The van der Waals surface area contributed by atoms with E-state index in [-0.39, 0.29) is 11.5 Å². The summed E-state index contributed by atoms with van der Waals surface area (Å²) in [5.74, 6) is 1.02. The molecule has 0 amide bonds. The van der Waals surface area contributed by atoms with Crippen LogP contribution in [0.2, 0.25) is 0 Å². The molecule has 180 valence electrons. The van der Waals surface area contributed by atoms with E-state index >= 15 is 0 Å². The normalized spacial score (nSPS) is 11.1. The van der Waals surface area contributed by atoms with Crippen LogP contribution in [0.4, 0.5) is 0 Å². The van der Waals surface area contributed by atoms with E-state index in [1.165, 1.54) is 17.3 Å². The number of Topliss-reactive ketones (excluding diaryl/α,β-unsaturated/α-hetero) is 1. The number of thioether (sulfide) groups is 1. The fourth-order valence-electron chi connectivity index (χ4n) is 4.42. The van der Waals surface area contributed by atoms with Gasteiger partial charge in [0, 0.05) is 40.6 Å². The molecule has 0 bridgehead atoms. The first-order valence-corrected chi connectivity index (χ1v) is 12.8. The fraction of sp³-hybridized carbons (Fsp3) is 0.172. The molecule has 36 heavy (non-hydrogen) atoms. The molecule has 5 rings (SSSR count). The highest BCUT2D eigenvalue weighted by Gasteiger charge is 2.21. The summed E-state index contributed by atoms with van der Waals surface area (Å²) in [5.41, 5.74) is 7.92. The average molecular weight is 494 g/mol. The summed E-state index contributed by atoms with van der Waals surface area (Å²) >= 11 is 1.40. The number of para-hydroxylation sites is 1. The molecule has 7 heteroatoms. The van der Waals surface area contributed by atoms with Crippen molar-refractivity contribution in [2.75, 3.05) is 5.75 Å². The van der Waals surface area contributed by atoms with Crippen LogP contribution in [0.15, 0.2) is 84.3 Å². The Balaban J connectivity index is 1.46. The van der Waals surface area contributed by atoms with Gasteiger partial charge >= 0.3 is 0 Å². The third kappa shape index (κ3) is 4.50. The Morgan fingerprint density at radius 2 is 1.67 bits per heavy atom. The van der Waals surface area contributed by atoms with Crippen molar-refractivity contribution in [3.05, 3.63) is 107 Å². The van der Waals surface area contributed by atoms with Crippen LogP contribution in [-0.4, -0.2) is 35.9 Å². The minimum Gasteiger partial charge on any atom is -0.318 e. The Kier molecular flexibility index (Phi) is 6.57. The summed E-state index contributed by atoms with van der Waals surface area (Å²) in [4.78, 5) is 17.6. The van der Waals surface area contributed by atoms with Crippen molar-refractivity contribution in [1.82, 2.24) is 24.3 Å². The van der Waals surface area contributed by atoms with Crippen molar-refractivity contribution in [1.29, 1.82) is 0 Å². The standard InChI is InChI=1S/C29H27N5OS/c1-19-11-13-24(14-12-19)33-21(3)16-25(22(33)4)27(35)18-36-29-32-31-28(23-9-7-15-30-17-23)34(29)26-10-6-5-8-20(26)2/h5-17H,18H2,1-4H3. The maximum atomic E-state index is 13.4.